The molecular weight excluding hydrogens is 244 g/mol. The summed E-state index contributed by atoms with van der Waals surface area (Å²) >= 11 is 0. The molecule has 0 unspecified atom stereocenters. The van der Waals surface area contributed by atoms with Crippen LogP contribution in [0.5, 0.6) is 0 Å². The van der Waals surface area contributed by atoms with Gasteiger partial charge >= 0.3 is 5.97 Å². The summed E-state index contributed by atoms with van der Waals surface area (Å²) in [6.07, 6.45) is 1.48. The van der Waals surface area contributed by atoms with E-state index in [0.717, 1.165) is 12.0 Å². The molecule has 4 atom stereocenters. The van der Waals surface area contributed by atoms with Gasteiger partial charge in [0, 0.05) is 6.04 Å². The minimum Gasteiger partial charge on any atom is -0.480 e. The Kier molecular flexibility index (Phi) is 2.78. The third-order valence-corrected chi connectivity index (χ3v) is 4.07. The van der Waals surface area contributed by atoms with Crippen molar-refractivity contribution in [2.75, 3.05) is 0 Å². The maximum Gasteiger partial charge on any atom is 0.326 e. The number of hydrogen-bond donors (Lipinski definition) is 2. The van der Waals surface area contributed by atoms with E-state index in [1.165, 1.54) is 4.90 Å². The molecule has 1 aliphatic heterocycles. The predicted molar refractivity (Wildman–Crippen MR) is 68.2 cm³/mol. The van der Waals surface area contributed by atoms with Crippen molar-refractivity contribution in [2.45, 2.75) is 31.0 Å². The van der Waals surface area contributed by atoms with Crippen molar-refractivity contribution < 1.29 is 14.7 Å². The lowest BCUT2D eigenvalue weighted by Crippen LogP contribution is -2.47. The van der Waals surface area contributed by atoms with Gasteiger partial charge in [0.15, 0.2) is 0 Å². The van der Waals surface area contributed by atoms with Gasteiger partial charge in [0.05, 0.1) is 0 Å². The van der Waals surface area contributed by atoms with E-state index in [1.54, 1.807) is 12.1 Å². The van der Waals surface area contributed by atoms with Crippen LogP contribution in [0.15, 0.2) is 30.3 Å². The number of amides is 1. The van der Waals surface area contributed by atoms with Gasteiger partial charge in [0.25, 0.3) is 0 Å². The van der Waals surface area contributed by atoms with Gasteiger partial charge in [-0.2, -0.15) is 0 Å². The first-order valence-electron chi connectivity index (χ1n) is 6.45. The van der Waals surface area contributed by atoms with Crippen LogP contribution in [0.1, 0.15) is 24.4 Å². The molecule has 1 amide bonds. The standard InChI is InChI=1S/C14H16N2O3/c15-12(8-4-2-1-3-5-8)13(17)16-10-6-9(10)7-11(16)14(18)19/h1-5,9-12H,6-7,15H2,(H,18,19)/t9-,10-,11-,12+/m0/s1. The summed E-state index contributed by atoms with van der Waals surface area (Å²) in [6, 6.07) is 7.68. The number of nitrogens with two attached hydrogens (primary N) is 1. The first-order valence-corrected chi connectivity index (χ1v) is 6.45. The Morgan fingerprint density at radius 3 is 2.58 bits per heavy atom. The number of carboxylic acids is 1. The summed E-state index contributed by atoms with van der Waals surface area (Å²) in [5.41, 5.74) is 6.70. The second-order valence-corrected chi connectivity index (χ2v) is 5.29. The van der Waals surface area contributed by atoms with Gasteiger partial charge in [-0.15, -0.1) is 0 Å². The molecule has 19 heavy (non-hydrogen) atoms. The molecule has 3 N–H and O–H groups in total. The van der Waals surface area contributed by atoms with Crippen molar-refractivity contribution in [1.29, 1.82) is 0 Å². The Labute approximate surface area is 111 Å². The molecule has 100 valence electrons. The van der Waals surface area contributed by atoms with E-state index in [-0.39, 0.29) is 11.9 Å². The van der Waals surface area contributed by atoms with Gasteiger partial charge < -0.3 is 15.7 Å². The Morgan fingerprint density at radius 1 is 1.26 bits per heavy atom. The molecule has 5 nitrogen and oxygen atoms in total. The summed E-state index contributed by atoms with van der Waals surface area (Å²) in [7, 11) is 0. The summed E-state index contributed by atoms with van der Waals surface area (Å²) in [5.74, 6) is -0.850. The van der Waals surface area contributed by atoms with Crippen LogP contribution in [0.4, 0.5) is 0 Å². The highest BCUT2D eigenvalue weighted by Gasteiger charge is 2.56. The van der Waals surface area contributed by atoms with E-state index in [9.17, 15) is 14.7 Å². The Hall–Kier alpha value is -1.88. The molecule has 0 bridgehead atoms. The van der Waals surface area contributed by atoms with Crippen molar-refractivity contribution in [2.24, 2.45) is 11.7 Å². The normalized spacial score (nSPS) is 29.7. The lowest BCUT2D eigenvalue weighted by molar-refractivity contribution is -0.150. The van der Waals surface area contributed by atoms with E-state index in [4.69, 9.17) is 5.73 Å². The topological polar surface area (TPSA) is 83.6 Å². The molecule has 1 aromatic rings. The summed E-state index contributed by atoms with van der Waals surface area (Å²) < 4.78 is 0. The Bertz CT molecular complexity index is 517. The Balaban J connectivity index is 1.81. The number of fused-ring (bicyclic) bond motifs is 1. The summed E-state index contributed by atoms with van der Waals surface area (Å²) in [4.78, 5) is 25.1. The molecule has 1 saturated heterocycles. The van der Waals surface area contributed by atoms with Gasteiger partial charge in [0.1, 0.15) is 12.1 Å². The quantitative estimate of drug-likeness (QED) is 0.840. The molecule has 0 spiro atoms. The maximum atomic E-state index is 12.4. The number of carboxylic acid groups (broad SMARTS) is 1. The molecule has 2 fully saturated rings. The fourth-order valence-corrected chi connectivity index (χ4v) is 2.96. The highest BCUT2D eigenvalue weighted by Crippen LogP contribution is 2.48. The molecule has 1 heterocycles. The fourth-order valence-electron chi connectivity index (χ4n) is 2.96. The number of rotatable bonds is 3. The van der Waals surface area contributed by atoms with Gasteiger partial charge in [-0.25, -0.2) is 4.79 Å². The zero-order valence-electron chi connectivity index (χ0n) is 10.4. The smallest absolute Gasteiger partial charge is 0.326 e. The van der Waals surface area contributed by atoms with Crippen molar-refractivity contribution in [3.05, 3.63) is 35.9 Å². The van der Waals surface area contributed by atoms with Crippen LogP contribution in [-0.2, 0) is 9.59 Å². The molecule has 1 aromatic carbocycles. The average molecular weight is 260 g/mol. The number of carbonyl (C=O) groups is 2. The maximum absolute atomic E-state index is 12.4. The van der Waals surface area contributed by atoms with Gasteiger partial charge in [0.2, 0.25) is 5.91 Å². The van der Waals surface area contributed by atoms with Crippen LogP contribution in [-0.4, -0.2) is 34.0 Å². The number of hydrogen-bond acceptors (Lipinski definition) is 3. The minimum absolute atomic E-state index is 0.0864. The van der Waals surface area contributed by atoms with Crippen LogP contribution in [0.2, 0.25) is 0 Å². The lowest BCUT2D eigenvalue weighted by Gasteiger charge is -2.27. The Morgan fingerprint density at radius 2 is 1.95 bits per heavy atom. The van der Waals surface area contributed by atoms with E-state index < -0.39 is 18.1 Å². The highest BCUT2D eigenvalue weighted by molar-refractivity contribution is 5.89. The fraction of sp³-hybridized carbons (Fsp3) is 0.429. The van der Waals surface area contributed by atoms with Crippen LogP contribution in [0.25, 0.3) is 0 Å². The highest BCUT2D eigenvalue weighted by atomic mass is 16.4. The number of piperidine rings is 1. The summed E-state index contributed by atoms with van der Waals surface area (Å²) in [5, 5.41) is 9.19. The first-order chi connectivity index (χ1) is 9.09. The molecule has 1 aliphatic carbocycles. The number of likely N-dealkylation sites (tertiary alicyclic amines) is 1. The SMILES string of the molecule is N[C@@H](C(=O)N1[C@H](C(=O)O)C[C@@H]2C[C@@H]21)c1ccccc1. The van der Waals surface area contributed by atoms with Crippen LogP contribution in [0.3, 0.4) is 0 Å². The third-order valence-electron chi connectivity index (χ3n) is 4.07. The van der Waals surface area contributed by atoms with Crippen LogP contribution in [0, 0.1) is 5.92 Å². The van der Waals surface area contributed by atoms with Crippen molar-refractivity contribution in [1.82, 2.24) is 4.90 Å². The third kappa shape index (κ3) is 2.00. The molecule has 1 saturated carbocycles. The van der Waals surface area contributed by atoms with Crippen molar-refractivity contribution in [3.8, 4) is 0 Å². The first kappa shape index (κ1) is 12.2. The van der Waals surface area contributed by atoms with Gasteiger partial charge in [-0.05, 0) is 24.3 Å². The average Bonchev–Trinajstić information content (AvgIpc) is 3.09. The molecular formula is C14H16N2O3. The number of benzene rings is 1. The number of aliphatic carboxylic acids is 1. The zero-order valence-corrected chi connectivity index (χ0v) is 10.4. The zero-order chi connectivity index (χ0) is 13.6. The number of carbonyl (C=O) groups excluding carboxylic acids is 1. The largest absolute Gasteiger partial charge is 0.480 e. The summed E-state index contributed by atoms with van der Waals surface area (Å²) in [6.45, 7) is 0. The monoisotopic (exact) mass is 260 g/mol. The van der Waals surface area contributed by atoms with Gasteiger partial charge in [-0.3, -0.25) is 4.79 Å². The number of nitrogens with zero attached hydrogens (tertiary/aromatic N) is 1. The van der Waals surface area contributed by atoms with Crippen LogP contribution >= 0.6 is 0 Å². The van der Waals surface area contributed by atoms with E-state index >= 15 is 0 Å². The molecule has 3 rings (SSSR count). The molecule has 2 aliphatic rings. The molecule has 5 heteroatoms. The molecule has 0 aromatic heterocycles. The van der Waals surface area contributed by atoms with E-state index in [2.05, 4.69) is 0 Å². The van der Waals surface area contributed by atoms with Crippen molar-refractivity contribution >= 4 is 11.9 Å². The minimum atomic E-state index is -0.930. The van der Waals surface area contributed by atoms with E-state index in [0.29, 0.717) is 12.3 Å². The second kappa shape index (κ2) is 4.35. The van der Waals surface area contributed by atoms with Crippen molar-refractivity contribution in [3.63, 3.8) is 0 Å². The van der Waals surface area contributed by atoms with Gasteiger partial charge in [-0.1, -0.05) is 30.3 Å². The van der Waals surface area contributed by atoms with E-state index in [1.807, 2.05) is 18.2 Å². The lowest BCUT2D eigenvalue weighted by atomic mass is 10.1. The molecule has 0 radical (unpaired) electrons. The second-order valence-electron chi connectivity index (χ2n) is 5.29. The van der Waals surface area contributed by atoms with Crippen LogP contribution < -0.4 is 5.73 Å². The predicted octanol–water partition coefficient (Wildman–Crippen LogP) is 0.760.